The quantitative estimate of drug-likeness (QED) is 0.548. The highest BCUT2D eigenvalue weighted by Gasteiger charge is 2.33. The van der Waals surface area contributed by atoms with Gasteiger partial charge in [-0.05, 0) is 12.5 Å². The lowest BCUT2D eigenvalue weighted by atomic mass is 10.1. The third-order valence-electron chi connectivity index (χ3n) is 4.70. The Labute approximate surface area is 166 Å². The summed E-state index contributed by atoms with van der Waals surface area (Å²) in [6, 6.07) is 10.2. The van der Waals surface area contributed by atoms with E-state index in [1.165, 1.54) is 12.1 Å². The SMILES string of the molecule is CCCN1C(=O)C(=NOCc2cc([N+](=O)[O-])cc3c2OCOC3)c2ccccc21. The molecule has 0 atom stereocenters. The standard InChI is InChI=1S/C20H19N3O6/c1-2-7-22-17-6-4-3-5-16(17)18(20(22)24)21-29-11-14-9-15(23(25)26)8-13-10-27-12-28-19(13)14/h3-6,8-9H,2,7,10-12H2,1H3. The van der Waals surface area contributed by atoms with Gasteiger partial charge in [0.15, 0.2) is 12.5 Å². The normalized spacial score (nSPS) is 16.4. The second-order valence-corrected chi connectivity index (χ2v) is 6.65. The van der Waals surface area contributed by atoms with Gasteiger partial charge in [-0.25, -0.2) is 0 Å². The van der Waals surface area contributed by atoms with Crippen LogP contribution in [0.5, 0.6) is 5.75 Å². The number of anilines is 1. The van der Waals surface area contributed by atoms with Crippen LogP contribution in [0.2, 0.25) is 0 Å². The fourth-order valence-corrected chi connectivity index (χ4v) is 3.46. The van der Waals surface area contributed by atoms with Gasteiger partial charge in [0.1, 0.15) is 12.4 Å². The van der Waals surface area contributed by atoms with Crippen LogP contribution in [-0.4, -0.2) is 29.9 Å². The van der Waals surface area contributed by atoms with Crippen LogP contribution in [0.15, 0.2) is 41.6 Å². The predicted octanol–water partition coefficient (Wildman–Crippen LogP) is 3.14. The van der Waals surface area contributed by atoms with Crippen LogP contribution < -0.4 is 9.64 Å². The number of nitrogens with zero attached hydrogens (tertiary/aromatic N) is 3. The third kappa shape index (κ3) is 3.52. The second-order valence-electron chi connectivity index (χ2n) is 6.65. The lowest BCUT2D eigenvalue weighted by Crippen LogP contribution is -2.30. The molecule has 0 radical (unpaired) electrons. The predicted molar refractivity (Wildman–Crippen MR) is 104 cm³/mol. The first-order valence-electron chi connectivity index (χ1n) is 9.22. The average molecular weight is 397 g/mol. The van der Waals surface area contributed by atoms with Crippen molar-refractivity contribution in [3.63, 3.8) is 0 Å². The Hall–Kier alpha value is -3.46. The molecule has 0 saturated carbocycles. The number of para-hydroxylation sites is 1. The highest BCUT2D eigenvalue weighted by Crippen LogP contribution is 2.33. The molecular weight excluding hydrogens is 378 g/mol. The number of carbonyl (C=O) groups excluding carboxylic acids is 1. The van der Waals surface area contributed by atoms with Crippen molar-refractivity contribution in [3.8, 4) is 5.75 Å². The van der Waals surface area contributed by atoms with Gasteiger partial charge in [0.05, 0.1) is 17.2 Å². The van der Waals surface area contributed by atoms with E-state index in [9.17, 15) is 14.9 Å². The van der Waals surface area contributed by atoms with E-state index in [0.717, 1.165) is 12.1 Å². The molecule has 0 saturated heterocycles. The highest BCUT2D eigenvalue weighted by molar-refractivity contribution is 6.54. The first kappa shape index (κ1) is 18.9. The van der Waals surface area contributed by atoms with Crippen LogP contribution in [0.4, 0.5) is 11.4 Å². The fourth-order valence-electron chi connectivity index (χ4n) is 3.46. The summed E-state index contributed by atoms with van der Waals surface area (Å²) >= 11 is 0. The molecule has 0 fully saturated rings. The van der Waals surface area contributed by atoms with Crippen LogP contribution >= 0.6 is 0 Å². The Morgan fingerprint density at radius 1 is 1.31 bits per heavy atom. The zero-order valence-corrected chi connectivity index (χ0v) is 15.8. The topological polar surface area (TPSA) is 104 Å². The Morgan fingerprint density at radius 3 is 2.93 bits per heavy atom. The van der Waals surface area contributed by atoms with Crippen molar-refractivity contribution in [2.75, 3.05) is 18.2 Å². The molecule has 150 valence electrons. The van der Waals surface area contributed by atoms with Crippen molar-refractivity contribution >= 4 is 23.0 Å². The van der Waals surface area contributed by atoms with Gasteiger partial charge in [-0.15, -0.1) is 0 Å². The lowest BCUT2D eigenvalue weighted by molar-refractivity contribution is -0.385. The monoisotopic (exact) mass is 397 g/mol. The third-order valence-corrected chi connectivity index (χ3v) is 4.70. The molecule has 9 nitrogen and oxygen atoms in total. The molecule has 2 aliphatic rings. The Bertz CT molecular complexity index is 1000. The molecule has 2 aliphatic heterocycles. The van der Waals surface area contributed by atoms with Crippen molar-refractivity contribution < 1.29 is 24.0 Å². The molecular formula is C20H19N3O6. The summed E-state index contributed by atoms with van der Waals surface area (Å²) in [4.78, 5) is 30.6. The number of oxime groups is 1. The molecule has 0 unspecified atom stereocenters. The van der Waals surface area contributed by atoms with E-state index < -0.39 is 4.92 Å². The lowest BCUT2D eigenvalue weighted by Gasteiger charge is -2.20. The number of ether oxygens (including phenoxy) is 2. The van der Waals surface area contributed by atoms with E-state index in [1.807, 2.05) is 31.2 Å². The first-order valence-corrected chi connectivity index (χ1v) is 9.22. The summed E-state index contributed by atoms with van der Waals surface area (Å²) in [6.45, 7) is 2.79. The summed E-state index contributed by atoms with van der Waals surface area (Å²) in [5.41, 5.74) is 2.70. The highest BCUT2D eigenvalue weighted by atomic mass is 16.7. The van der Waals surface area contributed by atoms with Gasteiger partial charge < -0.3 is 19.2 Å². The number of fused-ring (bicyclic) bond motifs is 2. The maximum atomic E-state index is 12.8. The van der Waals surface area contributed by atoms with E-state index in [-0.39, 0.29) is 37.3 Å². The Morgan fingerprint density at radius 2 is 2.14 bits per heavy atom. The van der Waals surface area contributed by atoms with Gasteiger partial charge in [0.25, 0.3) is 11.6 Å². The smallest absolute Gasteiger partial charge is 0.281 e. The molecule has 0 bridgehead atoms. The maximum Gasteiger partial charge on any atom is 0.281 e. The molecule has 9 heteroatoms. The van der Waals surface area contributed by atoms with E-state index in [2.05, 4.69) is 5.16 Å². The second kappa shape index (κ2) is 7.88. The molecule has 29 heavy (non-hydrogen) atoms. The molecule has 0 N–H and O–H groups in total. The van der Waals surface area contributed by atoms with Crippen LogP contribution in [0.25, 0.3) is 0 Å². The number of amides is 1. The number of rotatable bonds is 6. The molecule has 0 aromatic heterocycles. The van der Waals surface area contributed by atoms with Gasteiger partial charge >= 0.3 is 0 Å². The van der Waals surface area contributed by atoms with E-state index in [1.54, 1.807) is 4.90 Å². The summed E-state index contributed by atoms with van der Waals surface area (Å²) in [5, 5.41) is 15.3. The molecule has 2 heterocycles. The molecule has 1 amide bonds. The van der Waals surface area contributed by atoms with E-state index in [4.69, 9.17) is 14.3 Å². The summed E-state index contributed by atoms with van der Waals surface area (Å²) in [5.74, 6) is 0.270. The fraction of sp³-hybridized carbons (Fsp3) is 0.300. The van der Waals surface area contributed by atoms with Crippen molar-refractivity contribution in [2.45, 2.75) is 26.6 Å². The number of nitro benzene ring substituents is 1. The largest absolute Gasteiger partial charge is 0.467 e. The molecule has 4 rings (SSSR count). The van der Waals surface area contributed by atoms with Gasteiger partial charge in [-0.3, -0.25) is 14.9 Å². The minimum Gasteiger partial charge on any atom is -0.467 e. The number of carbonyl (C=O) groups is 1. The number of non-ortho nitro benzene ring substituents is 1. The van der Waals surface area contributed by atoms with Crippen LogP contribution in [0.1, 0.15) is 30.0 Å². The Kier molecular flexibility index (Phi) is 5.13. The zero-order valence-electron chi connectivity index (χ0n) is 15.8. The van der Waals surface area contributed by atoms with Crippen molar-refractivity contribution in [1.82, 2.24) is 0 Å². The van der Waals surface area contributed by atoms with Crippen molar-refractivity contribution in [2.24, 2.45) is 5.16 Å². The number of benzene rings is 2. The van der Waals surface area contributed by atoms with Gasteiger partial charge in [0, 0.05) is 35.4 Å². The minimum atomic E-state index is -0.482. The van der Waals surface area contributed by atoms with Crippen molar-refractivity contribution in [1.29, 1.82) is 0 Å². The van der Waals surface area contributed by atoms with Crippen LogP contribution in [0.3, 0.4) is 0 Å². The van der Waals surface area contributed by atoms with Crippen LogP contribution in [0, 0.1) is 10.1 Å². The molecule has 0 spiro atoms. The molecule has 2 aromatic rings. The maximum absolute atomic E-state index is 12.8. The zero-order chi connectivity index (χ0) is 20.4. The van der Waals surface area contributed by atoms with Crippen LogP contribution in [-0.2, 0) is 27.6 Å². The Balaban J connectivity index is 1.60. The summed E-state index contributed by atoms with van der Waals surface area (Å²) in [6.07, 6.45) is 0.813. The molecule has 2 aromatic carbocycles. The van der Waals surface area contributed by atoms with Gasteiger partial charge in [0.2, 0.25) is 0 Å². The summed E-state index contributed by atoms with van der Waals surface area (Å²) < 4.78 is 10.7. The van der Waals surface area contributed by atoms with E-state index >= 15 is 0 Å². The average Bonchev–Trinajstić information content (AvgIpc) is 3.00. The number of hydrogen-bond donors (Lipinski definition) is 0. The first-order chi connectivity index (χ1) is 14.1. The minimum absolute atomic E-state index is 0.0597. The van der Waals surface area contributed by atoms with Gasteiger partial charge in [-0.1, -0.05) is 30.3 Å². The van der Waals surface area contributed by atoms with Crippen molar-refractivity contribution in [3.05, 3.63) is 63.2 Å². The van der Waals surface area contributed by atoms with E-state index in [0.29, 0.717) is 29.0 Å². The number of nitro groups is 1. The number of hydrogen-bond acceptors (Lipinski definition) is 7. The van der Waals surface area contributed by atoms with Gasteiger partial charge in [-0.2, -0.15) is 0 Å². The molecule has 0 aliphatic carbocycles. The summed E-state index contributed by atoms with van der Waals surface area (Å²) in [7, 11) is 0.